The number of ketones is 1. The highest BCUT2D eigenvalue weighted by Crippen LogP contribution is 2.64. The first-order valence-electron chi connectivity index (χ1n) is 16.2. The number of hydrogen-bond donors (Lipinski definition) is 1. The van der Waals surface area contributed by atoms with E-state index in [-0.39, 0.29) is 26.5 Å². The number of halogens is 4. The smallest absolute Gasteiger partial charge is 0.327 e. The highest BCUT2D eigenvalue weighted by molar-refractivity contribution is 6.42. The molecule has 6 aromatic rings. The van der Waals surface area contributed by atoms with Crippen molar-refractivity contribution in [1.29, 1.82) is 5.26 Å². The second kappa shape index (κ2) is 13.6. The van der Waals surface area contributed by atoms with Crippen LogP contribution >= 0.6 is 46.4 Å². The van der Waals surface area contributed by atoms with Gasteiger partial charge in [0.1, 0.15) is 5.60 Å². The van der Waals surface area contributed by atoms with Crippen LogP contribution in [0.1, 0.15) is 45.3 Å². The lowest BCUT2D eigenvalue weighted by atomic mass is 9.47. The highest BCUT2D eigenvalue weighted by Gasteiger charge is 2.67. The summed E-state index contributed by atoms with van der Waals surface area (Å²) in [7, 11) is 1.20. The molecule has 0 bridgehead atoms. The van der Waals surface area contributed by atoms with Crippen LogP contribution in [0.2, 0.25) is 20.1 Å². The Kier molecular flexibility index (Phi) is 9.35. The third kappa shape index (κ3) is 5.86. The normalized spacial score (nSPS) is 23.1. The molecule has 5 nitrogen and oxygen atoms in total. The summed E-state index contributed by atoms with van der Waals surface area (Å²) in [5, 5.41) is 29.2. The molecule has 0 unspecified atom stereocenters. The molecule has 0 amide bonds. The molecule has 1 fully saturated rings. The van der Waals surface area contributed by atoms with Gasteiger partial charge in [-0.05, 0) is 81.1 Å². The summed E-state index contributed by atoms with van der Waals surface area (Å²) < 4.78 is 5.45. The number of fused-ring (bicyclic) bond motifs is 2. The Morgan fingerprint density at radius 1 is 0.706 bits per heavy atom. The summed E-state index contributed by atoms with van der Waals surface area (Å²) in [5.41, 5.74) is -2.51. The average molecular weight is 754 g/mol. The number of ether oxygens (including phenoxy) is 1. The molecule has 1 aliphatic carbocycles. The number of aliphatic hydroxyl groups is 1. The predicted octanol–water partition coefficient (Wildman–Crippen LogP) is 10.9. The largest absolute Gasteiger partial charge is 0.468 e. The molecule has 51 heavy (non-hydrogen) atoms. The predicted molar refractivity (Wildman–Crippen MR) is 203 cm³/mol. The van der Waals surface area contributed by atoms with Gasteiger partial charge >= 0.3 is 5.97 Å². The van der Waals surface area contributed by atoms with Gasteiger partial charge in [0.05, 0.1) is 39.2 Å². The molecule has 0 heterocycles. The second-order valence-electron chi connectivity index (χ2n) is 12.9. The molecule has 6 aromatic carbocycles. The minimum absolute atomic E-state index is 0.147. The molecule has 9 heteroatoms. The van der Waals surface area contributed by atoms with Gasteiger partial charge in [0.25, 0.3) is 0 Å². The van der Waals surface area contributed by atoms with Crippen LogP contribution in [-0.2, 0) is 15.1 Å². The third-order valence-corrected chi connectivity index (χ3v) is 11.8. The van der Waals surface area contributed by atoms with Crippen molar-refractivity contribution in [2.45, 2.75) is 23.9 Å². The van der Waals surface area contributed by atoms with Crippen molar-refractivity contribution in [3.63, 3.8) is 0 Å². The molecule has 0 radical (unpaired) electrons. The number of carbonyl (C=O) groups excluding carboxylic acids is 2. The van der Waals surface area contributed by atoms with Gasteiger partial charge in [-0.1, -0.05) is 131 Å². The lowest BCUT2D eigenvalue weighted by Gasteiger charge is -2.54. The van der Waals surface area contributed by atoms with Crippen molar-refractivity contribution in [3.8, 4) is 6.07 Å². The summed E-state index contributed by atoms with van der Waals surface area (Å²) in [6, 6.07) is 38.0. The Morgan fingerprint density at radius 2 is 1.25 bits per heavy atom. The maximum absolute atomic E-state index is 15.4. The van der Waals surface area contributed by atoms with Crippen molar-refractivity contribution in [3.05, 3.63) is 164 Å². The Hall–Kier alpha value is -4.41. The summed E-state index contributed by atoms with van der Waals surface area (Å²) in [6.07, 6.45) is -0.228. The molecule has 1 N–H and O–H groups in total. The SMILES string of the molecule is COC(=O)[C@@]1(C#N)[C@@H](c2ccc(Cl)c(Cl)c2)C[C@](O)(c2ccc3ccccc3c2)[C@H](C(=O)c2ccc3ccccc3c2)[C@@H]1c1ccc(Cl)c(Cl)c1. The molecule has 0 saturated heterocycles. The summed E-state index contributed by atoms with van der Waals surface area (Å²) in [4.78, 5) is 29.8. The van der Waals surface area contributed by atoms with E-state index in [9.17, 15) is 15.2 Å². The van der Waals surface area contributed by atoms with Crippen molar-refractivity contribution < 1.29 is 19.4 Å². The summed E-state index contributed by atoms with van der Waals surface area (Å²) >= 11 is 25.9. The third-order valence-electron chi connectivity index (χ3n) is 10.3. The number of benzene rings is 6. The number of Topliss-reactive ketones (excluding diaryl/α,β-unsaturated/α-hetero) is 1. The fourth-order valence-electron chi connectivity index (χ4n) is 7.90. The molecule has 0 aromatic heterocycles. The van der Waals surface area contributed by atoms with E-state index in [0.29, 0.717) is 22.3 Å². The number of carbonyl (C=O) groups is 2. The van der Waals surface area contributed by atoms with Crippen LogP contribution in [0, 0.1) is 22.7 Å². The van der Waals surface area contributed by atoms with Crippen LogP contribution in [-0.4, -0.2) is 24.0 Å². The van der Waals surface area contributed by atoms with E-state index >= 15 is 4.79 Å². The van der Waals surface area contributed by atoms with Gasteiger partial charge in [0.15, 0.2) is 11.2 Å². The van der Waals surface area contributed by atoms with Crippen LogP contribution in [0.3, 0.4) is 0 Å². The van der Waals surface area contributed by atoms with E-state index in [2.05, 4.69) is 6.07 Å². The second-order valence-corrected chi connectivity index (χ2v) is 14.6. The van der Waals surface area contributed by atoms with Gasteiger partial charge in [-0.25, -0.2) is 0 Å². The Morgan fingerprint density at radius 3 is 1.84 bits per heavy atom. The molecule has 7 rings (SSSR count). The van der Waals surface area contributed by atoms with Crippen molar-refractivity contribution >= 4 is 79.7 Å². The van der Waals surface area contributed by atoms with E-state index in [4.69, 9.17) is 51.1 Å². The Labute approximate surface area is 314 Å². The number of methoxy groups -OCH3 is 1. The minimum atomic E-state index is -2.08. The van der Waals surface area contributed by atoms with Gasteiger partial charge in [-0.3, -0.25) is 9.59 Å². The number of rotatable bonds is 6. The first kappa shape index (κ1) is 35.0. The molecule has 1 saturated carbocycles. The van der Waals surface area contributed by atoms with Crippen LogP contribution in [0.5, 0.6) is 0 Å². The topological polar surface area (TPSA) is 87.4 Å². The fourth-order valence-corrected chi connectivity index (χ4v) is 8.52. The summed E-state index contributed by atoms with van der Waals surface area (Å²) in [5.74, 6) is -5.12. The van der Waals surface area contributed by atoms with Crippen LogP contribution in [0.25, 0.3) is 21.5 Å². The molecule has 0 spiro atoms. The van der Waals surface area contributed by atoms with Crippen LogP contribution in [0.15, 0.2) is 121 Å². The number of nitriles is 1. The maximum Gasteiger partial charge on any atom is 0.327 e. The molecule has 0 aliphatic heterocycles. The van der Waals surface area contributed by atoms with E-state index in [1.165, 1.54) is 7.11 Å². The zero-order chi connectivity index (χ0) is 36.1. The van der Waals surface area contributed by atoms with Gasteiger partial charge < -0.3 is 9.84 Å². The van der Waals surface area contributed by atoms with Gasteiger partial charge in [0.2, 0.25) is 0 Å². The first-order chi connectivity index (χ1) is 24.5. The zero-order valence-corrected chi connectivity index (χ0v) is 30.1. The number of esters is 1. The monoisotopic (exact) mass is 751 g/mol. The van der Waals surface area contributed by atoms with Crippen molar-refractivity contribution in [2.75, 3.05) is 7.11 Å². The average Bonchev–Trinajstić information content (AvgIpc) is 3.15. The van der Waals surface area contributed by atoms with Crippen molar-refractivity contribution in [1.82, 2.24) is 0 Å². The number of hydrogen-bond acceptors (Lipinski definition) is 5. The lowest BCUT2D eigenvalue weighted by Crippen LogP contribution is -2.59. The first-order valence-corrected chi connectivity index (χ1v) is 17.7. The molecular formula is C42H29Cl4NO4. The Balaban J connectivity index is 1.59. The molecule has 5 atom stereocenters. The molecule has 1 aliphatic rings. The van der Waals surface area contributed by atoms with Gasteiger partial charge in [-0.2, -0.15) is 5.26 Å². The Bertz CT molecular complexity index is 2410. The van der Waals surface area contributed by atoms with E-state index in [1.807, 2.05) is 66.7 Å². The maximum atomic E-state index is 15.4. The van der Waals surface area contributed by atoms with Gasteiger partial charge in [-0.15, -0.1) is 0 Å². The van der Waals surface area contributed by atoms with E-state index < -0.39 is 40.5 Å². The minimum Gasteiger partial charge on any atom is -0.468 e. The summed E-state index contributed by atoms with van der Waals surface area (Å²) in [6.45, 7) is 0. The fraction of sp³-hybridized carbons (Fsp3) is 0.167. The number of nitrogens with zero attached hydrogens (tertiary/aromatic N) is 1. The highest BCUT2D eigenvalue weighted by atomic mass is 35.5. The van der Waals surface area contributed by atoms with Crippen LogP contribution in [0.4, 0.5) is 0 Å². The van der Waals surface area contributed by atoms with Crippen LogP contribution < -0.4 is 0 Å². The quantitative estimate of drug-likeness (QED) is 0.135. The molecule has 254 valence electrons. The standard InChI is InChI=1S/C42H29Cl4NO4/c1-51-40(49)41(23-47)32(28-13-16-33(43)35(45)20-28)22-42(50,31-15-12-25-7-3-5-9-27(25)19-31)38(37(41)29-14-17-34(44)36(46)21-29)39(48)30-11-10-24-6-2-4-8-26(24)18-30/h2-21,32,37-38,50H,22H2,1H3/t32-,37+,38+,41+,42+/m1/s1. The zero-order valence-electron chi connectivity index (χ0n) is 27.1. The molecular weight excluding hydrogens is 724 g/mol. The van der Waals surface area contributed by atoms with E-state index in [0.717, 1.165) is 21.5 Å². The van der Waals surface area contributed by atoms with Crippen molar-refractivity contribution in [2.24, 2.45) is 11.3 Å². The van der Waals surface area contributed by atoms with E-state index in [1.54, 1.807) is 54.6 Å². The lowest BCUT2D eigenvalue weighted by molar-refractivity contribution is -0.162. The van der Waals surface area contributed by atoms with Gasteiger partial charge in [0, 0.05) is 17.4 Å².